The quantitative estimate of drug-likeness (QED) is 0.391. The summed E-state index contributed by atoms with van der Waals surface area (Å²) in [7, 11) is 1.38. The molecule has 7 nitrogen and oxygen atoms in total. The third-order valence-corrected chi connectivity index (χ3v) is 9.34. The molecule has 40 heavy (non-hydrogen) atoms. The fourth-order valence-electron chi connectivity index (χ4n) is 7.23. The molecule has 2 heterocycles. The molecule has 7 heteroatoms. The monoisotopic (exact) mass is 542 g/mol. The number of esters is 1. The average molecular weight is 543 g/mol. The number of carbonyl (C=O) groups excluding carboxylic acids is 2. The van der Waals surface area contributed by atoms with Gasteiger partial charge in [-0.1, -0.05) is 81.0 Å². The van der Waals surface area contributed by atoms with E-state index in [0.29, 0.717) is 44.6 Å². The van der Waals surface area contributed by atoms with Crippen LogP contribution in [0.3, 0.4) is 0 Å². The number of hydrogen-bond donors (Lipinski definition) is 1. The lowest BCUT2D eigenvalue weighted by Crippen LogP contribution is -2.57. The number of carboxylic acid groups (broad SMARTS) is 1. The summed E-state index contributed by atoms with van der Waals surface area (Å²) >= 11 is 0. The van der Waals surface area contributed by atoms with Crippen molar-refractivity contribution in [1.82, 2.24) is 9.80 Å². The molecule has 2 amide bonds. The van der Waals surface area contributed by atoms with Crippen molar-refractivity contribution >= 4 is 23.5 Å². The van der Waals surface area contributed by atoms with Crippen LogP contribution in [-0.4, -0.2) is 66.2 Å². The van der Waals surface area contributed by atoms with Gasteiger partial charge >= 0.3 is 12.1 Å². The minimum absolute atomic E-state index is 0.0891. The summed E-state index contributed by atoms with van der Waals surface area (Å²) in [6.45, 7) is 8.55. The maximum atomic E-state index is 14.4. The standard InChI is InChI=1S/C33H38N2O5/c1-31(2)26(23-10-12-24(13-11-23)28(36)40-4)14-16-32(3)22-35(19-15-27(31)32)29(37)33(25-8-6-5-7-9-25)17-20-34(21-18-33)30(38)39/h5-15H,16-22H2,1-4H3,(H,38,39). The second-order valence-electron chi connectivity index (χ2n) is 12.1. The number of ether oxygens (including phenoxy) is 1. The Kier molecular flexibility index (Phi) is 7.11. The maximum absolute atomic E-state index is 14.4. The van der Waals surface area contributed by atoms with Gasteiger partial charge in [-0.05, 0) is 48.1 Å². The van der Waals surface area contributed by atoms with Gasteiger partial charge in [-0.15, -0.1) is 0 Å². The minimum Gasteiger partial charge on any atom is -0.465 e. The third-order valence-electron chi connectivity index (χ3n) is 9.34. The molecule has 1 unspecified atom stereocenters. The first-order valence-electron chi connectivity index (χ1n) is 14.0. The smallest absolute Gasteiger partial charge is 0.407 e. The summed E-state index contributed by atoms with van der Waals surface area (Å²) in [5.41, 5.74) is 3.91. The van der Waals surface area contributed by atoms with Gasteiger partial charge < -0.3 is 19.6 Å². The summed E-state index contributed by atoms with van der Waals surface area (Å²) in [5.74, 6) is -0.260. The zero-order chi connectivity index (χ0) is 28.7. The van der Waals surface area contributed by atoms with E-state index in [1.807, 2.05) is 47.4 Å². The molecule has 1 fully saturated rings. The van der Waals surface area contributed by atoms with Gasteiger partial charge in [-0.3, -0.25) is 4.79 Å². The van der Waals surface area contributed by atoms with E-state index >= 15 is 0 Å². The Bertz CT molecular complexity index is 1370. The molecule has 1 atom stereocenters. The highest BCUT2D eigenvalue weighted by Crippen LogP contribution is 2.55. The van der Waals surface area contributed by atoms with Crippen molar-refractivity contribution in [1.29, 1.82) is 0 Å². The fraction of sp³-hybridized carbons (Fsp3) is 0.424. The summed E-state index contributed by atoms with van der Waals surface area (Å²) in [6.07, 6.45) is 5.34. The second-order valence-corrected chi connectivity index (χ2v) is 12.1. The van der Waals surface area contributed by atoms with Crippen LogP contribution in [0.1, 0.15) is 61.5 Å². The van der Waals surface area contributed by atoms with E-state index in [1.165, 1.54) is 23.2 Å². The van der Waals surface area contributed by atoms with Crippen LogP contribution in [0.4, 0.5) is 4.79 Å². The number of allylic oxidation sites excluding steroid dienone is 2. The lowest BCUT2D eigenvalue weighted by atomic mass is 9.58. The van der Waals surface area contributed by atoms with Gasteiger partial charge in [0.15, 0.2) is 0 Å². The van der Waals surface area contributed by atoms with Crippen LogP contribution < -0.4 is 0 Å². The van der Waals surface area contributed by atoms with Crippen molar-refractivity contribution < 1.29 is 24.2 Å². The lowest BCUT2D eigenvalue weighted by Gasteiger charge is -2.52. The second kappa shape index (κ2) is 10.3. The highest BCUT2D eigenvalue weighted by atomic mass is 16.5. The van der Waals surface area contributed by atoms with Gasteiger partial charge in [0.05, 0.1) is 18.1 Å². The van der Waals surface area contributed by atoms with Crippen LogP contribution in [0.15, 0.2) is 72.3 Å². The zero-order valence-corrected chi connectivity index (χ0v) is 23.8. The van der Waals surface area contributed by atoms with Crippen molar-refractivity contribution in [3.63, 3.8) is 0 Å². The van der Waals surface area contributed by atoms with Crippen molar-refractivity contribution in [2.45, 2.75) is 45.4 Å². The number of fused-ring (bicyclic) bond motifs is 1. The van der Waals surface area contributed by atoms with Gasteiger partial charge in [-0.25, -0.2) is 9.59 Å². The van der Waals surface area contributed by atoms with E-state index in [2.05, 4.69) is 32.9 Å². The molecule has 3 aliphatic rings. The summed E-state index contributed by atoms with van der Waals surface area (Å²) in [4.78, 5) is 41.3. The predicted molar refractivity (Wildman–Crippen MR) is 154 cm³/mol. The molecule has 1 saturated heterocycles. The molecule has 5 rings (SSSR count). The largest absolute Gasteiger partial charge is 0.465 e. The predicted octanol–water partition coefficient (Wildman–Crippen LogP) is 5.77. The van der Waals surface area contributed by atoms with E-state index in [-0.39, 0.29) is 22.7 Å². The van der Waals surface area contributed by atoms with Gasteiger partial charge in [-0.2, -0.15) is 0 Å². The molecule has 2 aliphatic heterocycles. The van der Waals surface area contributed by atoms with Gasteiger partial charge in [0.1, 0.15) is 0 Å². The molecule has 1 aliphatic carbocycles. The number of amides is 2. The van der Waals surface area contributed by atoms with Gasteiger partial charge in [0.25, 0.3) is 0 Å². The Morgan fingerprint density at radius 2 is 1.52 bits per heavy atom. The fourth-order valence-corrected chi connectivity index (χ4v) is 7.23. The first kappa shape index (κ1) is 27.7. The van der Waals surface area contributed by atoms with Crippen molar-refractivity contribution in [2.75, 3.05) is 33.3 Å². The first-order valence-corrected chi connectivity index (χ1v) is 14.0. The molecule has 0 radical (unpaired) electrons. The highest BCUT2D eigenvalue weighted by Gasteiger charge is 2.50. The lowest BCUT2D eigenvalue weighted by molar-refractivity contribution is -0.140. The van der Waals surface area contributed by atoms with Crippen LogP contribution in [-0.2, 0) is 14.9 Å². The van der Waals surface area contributed by atoms with Crippen molar-refractivity contribution in [3.8, 4) is 0 Å². The Hall–Kier alpha value is -3.87. The molecular weight excluding hydrogens is 504 g/mol. The normalized spacial score (nSPS) is 23.4. The van der Waals surface area contributed by atoms with Crippen LogP contribution in [0.2, 0.25) is 0 Å². The SMILES string of the molecule is COC(=O)c1ccc(C2=CCC3(C)CN(C(=O)C4(c5ccccc5)CCN(C(=O)O)CC4)CC=C3C2(C)C)cc1. The Morgan fingerprint density at radius 3 is 2.12 bits per heavy atom. The number of likely N-dealkylation sites (tertiary alicyclic amines) is 1. The van der Waals surface area contributed by atoms with E-state index < -0.39 is 11.5 Å². The molecule has 0 spiro atoms. The Labute approximate surface area is 236 Å². The number of benzene rings is 2. The van der Waals surface area contributed by atoms with E-state index in [9.17, 15) is 19.5 Å². The number of rotatable bonds is 4. The summed E-state index contributed by atoms with van der Waals surface area (Å²) in [5, 5.41) is 9.53. The zero-order valence-electron chi connectivity index (χ0n) is 23.8. The van der Waals surface area contributed by atoms with Crippen LogP contribution in [0.5, 0.6) is 0 Å². The molecule has 2 aromatic rings. The summed E-state index contributed by atoms with van der Waals surface area (Å²) in [6, 6.07) is 17.4. The molecule has 0 saturated carbocycles. The molecule has 0 bridgehead atoms. The van der Waals surface area contributed by atoms with Gasteiger partial charge in [0, 0.05) is 37.0 Å². The number of hydrogen-bond acceptors (Lipinski definition) is 4. The van der Waals surface area contributed by atoms with E-state index in [1.54, 1.807) is 12.1 Å². The van der Waals surface area contributed by atoms with E-state index in [0.717, 1.165) is 17.5 Å². The summed E-state index contributed by atoms with van der Waals surface area (Å²) < 4.78 is 4.85. The molecule has 210 valence electrons. The maximum Gasteiger partial charge on any atom is 0.407 e. The van der Waals surface area contributed by atoms with Crippen LogP contribution in [0.25, 0.3) is 5.57 Å². The molecule has 1 N–H and O–H groups in total. The van der Waals surface area contributed by atoms with Crippen molar-refractivity contribution in [2.24, 2.45) is 10.8 Å². The number of nitrogens with zero attached hydrogens (tertiary/aromatic N) is 2. The van der Waals surface area contributed by atoms with Gasteiger partial charge in [0.2, 0.25) is 5.91 Å². The van der Waals surface area contributed by atoms with Crippen molar-refractivity contribution in [3.05, 3.63) is 89.0 Å². The van der Waals surface area contributed by atoms with E-state index in [4.69, 9.17) is 4.74 Å². The van der Waals surface area contributed by atoms with Crippen LogP contribution >= 0.6 is 0 Å². The molecule has 0 aromatic heterocycles. The Morgan fingerprint density at radius 1 is 0.875 bits per heavy atom. The third kappa shape index (κ3) is 4.61. The minimum atomic E-state index is -0.931. The topological polar surface area (TPSA) is 87.2 Å². The van der Waals surface area contributed by atoms with Crippen LogP contribution in [0, 0.1) is 10.8 Å². The molecular formula is C33H38N2O5. The molecule has 2 aromatic carbocycles. The Balaban J connectivity index is 1.42. The first-order chi connectivity index (χ1) is 19.0. The number of carbonyl (C=O) groups is 3. The number of piperidine rings is 1. The average Bonchev–Trinajstić information content (AvgIpc) is 2.96. The highest BCUT2D eigenvalue weighted by molar-refractivity contribution is 5.91. The number of methoxy groups -OCH3 is 1.